The summed E-state index contributed by atoms with van der Waals surface area (Å²) in [4.78, 5) is 8.55. The van der Waals surface area contributed by atoms with Crippen molar-refractivity contribution in [2.45, 2.75) is 33.1 Å². The Balaban J connectivity index is 1.97. The van der Waals surface area contributed by atoms with Crippen molar-refractivity contribution in [2.75, 3.05) is 17.6 Å². The van der Waals surface area contributed by atoms with Gasteiger partial charge in [0, 0.05) is 17.6 Å². The molecule has 19 heavy (non-hydrogen) atoms. The zero-order valence-electron chi connectivity index (χ0n) is 11.7. The minimum Gasteiger partial charge on any atom is -0.399 e. The molecule has 0 saturated carbocycles. The number of anilines is 2. The van der Waals surface area contributed by atoms with E-state index in [4.69, 9.17) is 5.73 Å². The lowest BCUT2D eigenvalue weighted by Gasteiger charge is -2.09. The first-order valence-corrected chi connectivity index (χ1v) is 6.91. The van der Waals surface area contributed by atoms with Crippen LogP contribution in [0.2, 0.25) is 0 Å². The predicted molar refractivity (Wildman–Crippen MR) is 81.1 cm³/mol. The van der Waals surface area contributed by atoms with E-state index in [1.165, 1.54) is 19.3 Å². The van der Waals surface area contributed by atoms with E-state index in [-0.39, 0.29) is 0 Å². The highest BCUT2D eigenvalue weighted by molar-refractivity contribution is 5.90. The van der Waals surface area contributed by atoms with Crippen LogP contribution in [0.3, 0.4) is 0 Å². The Labute approximate surface area is 114 Å². The highest BCUT2D eigenvalue weighted by Crippen LogP contribution is 2.21. The van der Waals surface area contributed by atoms with Crippen molar-refractivity contribution in [1.29, 1.82) is 0 Å². The minimum atomic E-state index is 0.731. The fourth-order valence-electron chi connectivity index (χ4n) is 2.10. The Kier molecular flexibility index (Phi) is 4.55. The summed E-state index contributed by atoms with van der Waals surface area (Å²) in [5, 5.41) is 4.42. The van der Waals surface area contributed by atoms with Crippen molar-refractivity contribution in [2.24, 2.45) is 5.92 Å². The SMILES string of the molecule is CC(C)CCCCNc1ncnc2cc(N)ccc12. The Morgan fingerprint density at radius 1 is 1.21 bits per heavy atom. The molecule has 0 atom stereocenters. The number of rotatable bonds is 6. The van der Waals surface area contributed by atoms with Crippen molar-refractivity contribution >= 4 is 22.4 Å². The second-order valence-corrected chi connectivity index (χ2v) is 5.32. The van der Waals surface area contributed by atoms with E-state index in [1.54, 1.807) is 6.33 Å². The van der Waals surface area contributed by atoms with Crippen LogP contribution in [0.4, 0.5) is 11.5 Å². The van der Waals surface area contributed by atoms with Gasteiger partial charge in [-0.05, 0) is 30.5 Å². The van der Waals surface area contributed by atoms with Gasteiger partial charge in [0.25, 0.3) is 0 Å². The number of benzene rings is 1. The smallest absolute Gasteiger partial charge is 0.137 e. The van der Waals surface area contributed by atoms with Crippen molar-refractivity contribution in [3.05, 3.63) is 24.5 Å². The maximum atomic E-state index is 5.76. The monoisotopic (exact) mass is 258 g/mol. The number of nitrogens with zero attached hydrogens (tertiary/aromatic N) is 2. The zero-order valence-corrected chi connectivity index (χ0v) is 11.7. The minimum absolute atomic E-state index is 0.731. The first-order valence-electron chi connectivity index (χ1n) is 6.91. The van der Waals surface area contributed by atoms with E-state index >= 15 is 0 Å². The molecular formula is C15H22N4. The Bertz CT molecular complexity index is 537. The fraction of sp³-hybridized carbons (Fsp3) is 0.467. The third-order valence-electron chi connectivity index (χ3n) is 3.16. The van der Waals surface area contributed by atoms with Crippen LogP contribution in [-0.4, -0.2) is 16.5 Å². The number of nitrogens with one attached hydrogen (secondary N) is 1. The van der Waals surface area contributed by atoms with Gasteiger partial charge in [-0.3, -0.25) is 0 Å². The first kappa shape index (κ1) is 13.6. The Morgan fingerprint density at radius 2 is 2.05 bits per heavy atom. The molecular weight excluding hydrogens is 236 g/mol. The zero-order chi connectivity index (χ0) is 13.7. The molecule has 0 fully saturated rings. The van der Waals surface area contributed by atoms with E-state index in [1.807, 2.05) is 18.2 Å². The van der Waals surface area contributed by atoms with Gasteiger partial charge in [-0.1, -0.05) is 26.7 Å². The second-order valence-electron chi connectivity index (χ2n) is 5.32. The number of aromatic nitrogens is 2. The van der Waals surface area contributed by atoms with Crippen LogP contribution in [0.1, 0.15) is 33.1 Å². The average Bonchev–Trinajstić information content (AvgIpc) is 2.37. The van der Waals surface area contributed by atoms with Gasteiger partial charge in [0.15, 0.2) is 0 Å². The molecule has 4 nitrogen and oxygen atoms in total. The molecule has 3 N–H and O–H groups in total. The summed E-state index contributed by atoms with van der Waals surface area (Å²) in [7, 11) is 0. The largest absolute Gasteiger partial charge is 0.399 e. The molecule has 0 aliphatic heterocycles. The van der Waals surface area contributed by atoms with Crippen molar-refractivity contribution in [3.63, 3.8) is 0 Å². The second kappa shape index (κ2) is 6.36. The maximum absolute atomic E-state index is 5.76. The summed E-state index contributed by atoms with van der Waals surface area (Å²) in [6.07, 6.45) is 5.28. The van der Waals surface area contributed by atoms with Crippen LogP contribution >= 0.6 is 0 Å². The summed E-state index contributed by atoms with van der Waals surface area (Å²) in [6, 6.07) is 5.73. The standard InChI is InChI=1S/C15H22N4/c1-11(2)5-3-4-8-17-15-13-7-6-12(16)9-14(13)18-10-19-15/h6-7,9-11H,3-5,8,16H2,1-2H3,(H,17,18,19). The molecule has 0 spiro atoms. The van der Waals surface area contributed by atoms with Gasteiger partial charge in [-0.15, -0.1) is 0 Å². The van der Waals surface area contributed by atoms with E-state index < -0.39 is 0 Å². The van der Waals surface area contributed by atoms with E-state index in [9.17, 15) is 0 Å². The van der Waals surface area contributed by atoms with Gasteiger partial charge in [0.2, 0.25) is 0 Å². The lowest BCUT2D eigenvalue weighted by atomic mass is 10.1. The number of nitrogens with two attached hydrogens (primary N) is 1. The topological polar surface area (TPSA) is 63.8 Å². The normalized spacial score (nSPS) is 11.1. The summed E-state index contributed by atoms with van der Waals surface area (Å²) in [6.45, 7) is 5.47. The van der Waals surface area contributed by atoms with Gasteiger partial charge in [0.1, 0.15) is 12.1 Å². The summed E-state index contributed by atoms with van der Waals surface area (Å²) in [5.74, 6) is 1.68. The van der Waals surface area contributed by atoms with Gasteiger partial charge < -0.3 is 11.1 Å². The van der Waals surface area contributed by atoms with Crippen LogP contribution in [0.25, 0.3) is 10.9 Å². The number of nitrogen functional groups attached to an aromatic ring is 1. The lowest BCUT2D eigenvalue weighted by Crippen LogP contribution is -2.05. The molecule has 0 aliphatic rings. The molecule has 0 amide bonds. The predicted octanol–water partition coefficient (Wildman–Crippen LogP) is 3.45. The average molecular weight is 258 g/mol. The number of unbranched alkanes of at least 4 members (excludes halogenated alkanes) is 1. The quantitative estimate of drug-likeness (QED) is 0.615. The third kappa shape index (κ3) is 3.81. The highest BCUT2D eigenvalue weighted by atomic mass is 15.0. The van der Waals surface area contributed by atoms with E-state index in [0.717, 1.165) is 34.9 Å². The van der Waals surface area contributed by atoms with E-state index in [2.05, 4.69) is 29.1 Å². The molecule has 0 radical (unpaired) electrons. The number of hydrogen-bond donors (Lipinski definition) is 2. The van der Waals surface area contributed by atoms with Crippen LogP contribution in [0.15, 0.2) is 24.5 Å². The van der Waals surface area contributed by atoms with Crippen molar-refractivity contribution in [1.82, 2.24) is 9.97 Å². The molecule has 0 bridgehead atoms. The maximum Gasteiger partial charge on any atom is 0.137 e. The van der Waals surface area contributed by atoms with Gasteiger partial charge in [-0.2, -0.15) is 0 Å². The van der Waals surface area contributed by atoms with Crippen LogP contribution in [0.5, 0.6) is 0 Å². The molecule has 4 heteroatoms. The molecule has 0 aliphatic carbocycles. The lowest BCUT2D eigenvalue weighted by molar-refractivity contribution is 0.544. The number of fused-ring (bicyclic) bond motifs is 1. The molecule has 2 rings (SSSR count). The molecule has 0 saturated heterocycles. The molecule has 1 aromatic heterocycles. The summed E-state index contributed by atoms with van der Waals surface area (Å²) in [5.41, 5.74) is 7.38. The Morgan fingerprint density at radius 3 is 2.84 bits per heavy atom. The Hall–Kier alpha value is -1.84. The molecule has 1 heterocycles. The van der Waals surface area contributed by atoms with E-state index in [0.29, 0.717) is 0 Å². The van der Waals surface area contributed by atoms with Gasteiger partial charge >= 0.3 is 0 Å². The highest BCUT2D eigenvalue weighted by Gasteiger charge is 2.03. The van der Waals surface area contributed by atoms with Crippen molar-refractivity contribution in [3.8, 4) is 0 Å². The van der Waals surface area contributed by atoms with Gasteiger partial charge in [-0.25, -0.2) is 9.97 Å². The summed E-state index contributed by atoms with van der Waals surface area (Å²) >= 11 is 0. The first-order chi connectivity index (χ1) is 9.16. The van der Waals surface area contributed by atoms with Gasteiger partial charge in [0.05, 0.1) is 5.52 Å². The van der Waals surface area contributed by atoms with Crippen LogP contribution in [0, 0.1) is 5.92 Å². The number of hydrogen-bond acceptors (Lipinski definition) is 4. The molecule has 102 valence electrons. The molecule has 0 unspecified atom stereocenters. The van der Waals surface area contributed by atoms with Crippen molar-refractivity contribution < 1.29 is 0 Å². The fourth-order valence-corrected chi connectivity index (χ4v) is 2.10. The van der Waals surface area contributed by atoms with Crippen LogP contribution in [-0.2, 0) is 0 Å². The molecule has 2 aromatic rings. The van der Waals surface area contributed by atoms with Crippen LogP contribution < -0.4 is 11.1 Å². The third-order valence-corrected chi connectivity index (χ3v) is 3.16. The molecule has 1 aromatic carbocycles. The summed E-state index contributed by atoms with van der Waals surface area (Å²) < 4.78 is 0.